The fourth-order valence-electron chi connectivity index (χ4n) is 2.61. The summed E-state index contributed by atoms with van der Waals surface area (Å²) in [6.07, 6.45) is 0. The second kappa shape index (κ2) is 5.13. The summed E-state index contributed by atoms with van der Waals surface area (Å²) in [6, 6.07) is 10.3. The molecule has 0 saturated heterocycles. The summed E-state index contributed by atoms with van der Waals surface area (Å²) >= 11 is 0. The first-order chi connectivity index (χ1) is 11.6. The summed E-state index contributed by atoms with van der Waals surface area (Å²) in [5.74, 6) is -0.171. The number of methoxy groups -OCH3 is 1. The lowest BCUT2D eigenvalue weighted by molar-refractivity contribution is 0.0601. The number of furan rings is 1. The highest BCUT2D eigenvalue weighted by molar-refractivity contribution is 5.94. The molecule has 0 radical (unpaired) electrons. The monoisotopic (exact) mass is 323 g/mol. The number of fused-ring (bicyclic) bond motifs is 2. The van der Waals surface area contributed by atoms with Crippen LogP contribution in [-0.2, 0) is 4.74 Å². The Kier molecular flexibility index (Phi) is 3.06. The lowest BCUT2D eigenvalue weighted by Crippen LogP contribution is -2.00. The zero-order valence-corrected chi connectivity index (χ0v) is 13.0. The minimum Gasteiger partial charge on any atom is -0.504 e. The summed E-state index contributed by atoms with van der Waals surface area (Å²) in [6.45, 7) is 1.93. The third-order valence-electron chi connectivity index (χ3n) is 3.82. The molecular weight excluding hydrogens is 310 g/mol. The van der Waals surface area contributed by atoms with E-state index >= 15 is 0 Å². The number of hydrogen-bond donors (Lipinski definition) is 1. The average molecular weight is 323 g/mol. The number of carbonyl (C=O) groups excluding carboxylic acids is 1. The lowest BCUT2D eigenvalue weighted by Gasteiger charge is -1.96. The van der Waals surface area contributed by atoms with Crippen molar-refractivity contribution in [3.8, 4) is 17.4 Å². The van der Waals surface area contributed by atoms with Crippen molar-refractivity contribution in [1.29, 1.82) is 0 Å². The maximum atomic E-state index is 11.6. The Morgan fingerprint density at radius 2 is 1.96 bits per heavy atom. The normalized spacial score (nSPS) is 11.2. The number of benzene rings is 2. The molecular formula is C18H13NO5. The minimum absolute atomic E-state index is 0.0200. The number of carbonyl (C=O) groups is 1. The molecule has 0 bridgehead atoms. The van der Waals surface area contributed by atoms with Gasteiger partial charge in [0, 0.05) is 0 Å². The van der Waals surface area contributed by atoms with Crippen LogP contribution in [0.2, 0.25) is 0 Å². The molecule has 2 aromatic carbocycles. The van der Waals surface area contributed by atoms with E-state index in [0.29, 0.717) is 27.6 Å². The van der Waals surface area contributed by atoms with Crippen molar-refractivity contribution >= 4 is 28.0 Å². The molecule has 0 unspecified atom stereocenters. The molecule has 1 N–H and O–H groups in total. The van der Waals surface area contributed by atoms with Crippen molar-refractivity contribution in [2.75, 3.05) is 7.11 Å². The number of hydrogen-bond acceptors (Lipinski definition) is 6. The number of aryl methyl sites for hydroxylation is 1. The number of aromatic hydroxyl groups is 1. The van der Waals surface area contributed by atoms with E-state index in [1.165, 1.54) is 7.11 Å². The fraction of sp³-hybridized carbons (Fsp3) is 0.111. The van der Waals surface area contributed by atoms with Crippen molar-refractivity contribution in [3.05, 3.63) is 47.5 Å². The average Bonchev–Trinajstić information content (AvgIpc) is 3.14. The van der Waals surface area contributed by atoms with Crippen LogP contribution in [0, 0.1) is 6.92 Å². The van der Waals surface area contributed by atoms with Gasteiger partial charge in [-0.1, -0.05) is 11.6 Å². The Bertz CT molecular complexity index is 1090. The molecule has 0 amide bonds. The van der Waals surface area contributed by atoms with E-state index in [0.717, 1.165) is 5.56 Å². The van der Waals surface area contributed by atoms with Crippen LogP contribution in [0.15, 0.2) is 45.2 Å². The van der Waals surface area contributed by atoms with E-state index in [-0.39, 0.29) is 17.4 Å². The number of oxazole rings is 1. The zero-order chi connectivity index (χ0) is 16.8. The van der Waals surface area contributed by atoms with Gasteiger partial charge in [-0.25, -0.2) is 9.78 Å². The Morgan fingerprint density at radius 3 is 2.75 bits per heavy atom. The van der Waals surface area contributed by atoms with Gasteiger partial charge in [0.2, 0.25) is 5.76 Å². The van der Waals surface area contributed by atoms with Gasteiger partial charge in [-0.15, -0.1) is 0 Å². The second-order valence-corrected chi connectivity index (χ2v) is 5.47. The molecule has 0 aliphatic carbocycles. The number of nitrogens with zero attached hydrogens (tertiary/aromatic N) is 1. The molecule has 0 fully saturated rings. The summed E-state index contributed by atoms with van der Waals surface area (Å²) in [4.78, 5) is 15.9. The molecule has 6 heteroatoms. The number of esters is 1. The third kappa shape index (κ3) is 2.11. The smallest absolute Gasteiger partial charge is 0.337 e. The predicted octanol–water partition coefficient (Wildman–Crippen LogP) is 4.04. The van der Waals surface area contributed by atoms with Gasteiger partial charge in [0.25, 0.3) is 5.89 Å². The summed E-state index contributed by atoms with van der Waals surface area (Å²) in [5.41, 5.74) is 2.87. The van der Waals surface area contributed by atoms with E-state index in [1.807, 2.05) is 19.1 Å². The topological polar surface area (TPSA) is 85.7 Å². The van der Waals surface area contributed by atoms with Crippen LogP contribution < -0.4 is 0 Å². The van der Waals surface area contributed by atoms with Crippen LogP contribution in [0.5, 0.6) is 5.75 Å². The van der Waals surface area contributed by atoms with E-state index in [1.54, 1.807) is 24.3 Å². The Morgan fingerprint density at radius 1 is 1.12 bits per heavy atom. The van der Waals surface area contributed by atoms with Gasteiger partial charge in [-0.05, 0) is 37.3 Å². The third-order valence-corrected chi connectivity index (χ3v) is 3.82. The fourth-order valence-corrected chi connectivity index (χ4v) is 2.61. The first kappa shape index (κ1) is 14.3. The highest BCUT2D eigenvalue weighted by atomic mass is 16.5. The van der Waals surface area contributed by atoms with Crippen LogP contribution in [0.4, 0.5) is 0 Å². The zero-order valence-electron chi connectivity index (χ0n) is 13.0. The van der Waals surface area contributed by atoms with E-state index in [9.17, 15) is 9.90 Å². The van der Waals surface area contributed by atoms with Gasteiger partial charge < -0.3 is 18.7 Å². The van der Waals surface area contributed by atoms with Crippen molar-refractivity contribution in [1.82, 2.24) is 4.98 Å². The second-order valence-electron chi connectivity index (χ2n) is 5.47. The number of ether oxygens (including phenoxy) is 1. The molecule has 0 aliphatic heterocycles. The maximum Gasteiger partial charge on any atom is 0.337 e. The molecule has 4 aromatic rings. The van der Waals surface area contributed by atoms with E-state index in [4.69, 9.17) is 8.83 Å². The summed E-state index contributed by atoms with van der Waals surface area (Å²) in [7, 11) is 1.31. The Labute approximate surface area is 136 Å². The molecule has 6 nitrogen and oxygen atoms in total. The molecule has 0 aliphatic rings. The number of aromatic nitrogens is 1. The van der Waals surface area contributed by atoms with Crippen molar-refractivity contribution < 1.29 is 23.5 Å². The Balaban J connectivity index is 1.87. The molecule has 0 saturated carbocycles. The van der Waals surface area contributed by atoms with Gasteiger partial charge in [-0.3, -0.25) is 0 Å². The maximum absolute atomic E-state index is 11.6. The van der Waals surface area contributed by atoms with Gasteiger partial charge in [0.1, 0.15) is 11.1 Å². The van der Waals surface area contributed by atoms with Crippen molar-refractivity contribution in [3.63, 3.8) is 0 Å². The van der Waals surface area contributed by atoms with Crippen LogP contribution in [0.1, 0.15) is 15.9 Å². The van der Waals surface area contributed by atoms with Crippen molar-refractivity contribution in [2.24, 2.45) is 0 Å². The molecule has 4 rings (SSSR count). The standard InChI is InChI=1S/C18H13NO5/c1-9-3-6-13-11(7-9)15(20)16(23-13)17-19-12-5-4-10(18(21)22-2)8-14(12)24-17/h3-8,20H,1-2H3. The summed E-state index contributed by atoms with van der Waals surface area (Å²) in [5, 5.41) is 11.0. The van der Waals surface area contributed by atoms with Gasteiger partial charge >= 0.3 is 5.97 Å². The predicted molar refractivity (Wildman–Crippen MR) is 87.0 cm³/mol. The molecule has 0 atom stereocenters. The van der Waals surface area contributed by atoms with Crippen LogP contribution >= 0.6 is 0 Å². The highest BCUT2D eigenvalue weighted by Gasteiger charge is 2.21. The first-order valence-corrected chi connectivity index (χ1v) is 7.28. The molecule has 24 heavy (non-hydrogen) atoms. The number of rotatable bonds is 2. The van der Waals surface area contributed by atoms with E-state index in [2.05, 4.69) is 9.72 Å². The first-order valence-electron chi connectivity index (χ1n) is 7.28. The molecule has 2 aromatic heterocycles. The van der Waals surface area contributed by atoms with Gasteiger partial charge in [-0.2, -0.15) is 0 Å². The molecule has 2 heterocycles. The molecule has 0 spiro atoms. The Hall–Kier alpha value is -3.28. The highest BCUT2D eigenvalue weighted by Crippen LogP contribution is 2.39. The van der Waals surface area contributed by atoms with Crippen LogP contribution in [0.3, 0.4) is 0 Å². The molecule has 120 valence electrons. The van der Waals surface area contributed by atoms with Gasteiger partial charge in [0.15, 0.2) is 11.3 Å². The summed E-state index contributed by atoms with van der Waals surface area (Å²) < 4.78 is 16.0. The quantitative estimate of drug-likeness (QED) is 0.560. The van der Waals surface area contributed by atoms with Gasteiger partial charge in [0.05, 0.1) is 18.1 Å². The van der Waals surface area contributed by atoms with Crippen LogP contribution in [0.25, 0.3) is 33.7 Å². The largest absolute Gasteiger partial charge is 0.504 e. The van der Waals surface area contributed by atoms with Crippen LogP contribution in [-0.4, -0.2) is 23.2 Å². The minimum atomic E-state index is -0.461. The lowest BCUT2D eigenvalue weighted by atomic mass is 10.2. The van der Waals surface area contributed by atoms with Crippen molar-refractivity contribution in [2.45, 2.75) is 6.92 Å². The van der Waals surface area contributed by atoms with E-state index < -0.39 is 5.97 Å². The SMILES string of the molecule is COC(=O)c1ccc2nc(-c3oc4ccc(C)cc4c3O)oc2c1.